The van der Waals surface area contributed by atoms with Gasteiger partial charge in [-0.3, -0.25) is 0 Å². The number of aryl methyl sites for hydroxylation is 1. The third kappa shape index (κ3) is 1.58. The van der Waals surface area contributed by atoms with E-state index in [-0.39, 0.29) is 5.97 Å². The minimum atomic E-state index is -0.368. The number of ether oxygens (including phenoxy) is 1. The molecule has 15 heavy (non-hydrogen) atoms. The van der Waals surface area contributed by atoms with Gasteiger partial charge in [0.15, 0.2) is 5.69 Å². The third-order valence-corrected chi connectivity index (χ3v) is 2.59. The number of carbonyl (C=O) groups excluding carboxylic acids is 1. The van der Waals surface area contributed by atoms with E-state index in [1.807, 2.05) is 6.92 Å². The van der Waals surface area contributed by atoms with Gasteiger partial charge >= 0.3 is 5.97 Å². The van der Waals surface area contributed by atoms with Gasteiger partial charge in [0.2, 0.25) is 0 Å². The van der Waals surface area contributed by atoms with E-state index in [0.29, 0.717) is 5.69 Å². The Kier molecular flexibility index (Phi) is 2.62. The number of hydrogen-bond acceptors (Lipinski definition) is 4. The maximum Gasteiger partial charge on any atom is 0.360 e. The molecule has 1 aliphatic heterocycles. The van der Waals surface area contributed by atoms with Crippen LogP contribution in [-0.2, 0) is 17.7 Å². The number of aromatic nitrogens is 2. The minimum Gasteiger partial charge on any atom is -0.464 e. The molecule has 1 aliphatic rings. The number of rotatable bonds is 2. The molecule has 1 aromatic heterocycles. The molecule has 0 bridgehead atoms. The topological polar surface area (TPSA) is 56.1 Å². The molecule has 0 amide bonds. The van der Waals surface area contributed by atoms with Crippen LogP contribution in [0.4, 0.5) is 5.82 Å². The van der Waals surface area contributed by atoms with Crippen LogP contribution < -0.4 is 5.32 Å². The number of carbonyl (C=O) groups is 1. The van der Waals surface area contributed by atoms with Gasteiger partial charge in [-0.1, -0.05) is 6.92 Å². The van der Waals surface area contributed by atoms with Crippen LogP contribution in [0.5, 0.6) is 0 Å². The zero-order chi connectivity index (χ0) is 10.8. The van der Waals surface area contributed by atoms with Gasteiger partial charge in [0, 0.05) is 19.5 Å². The minimum absolute atomic E-state index is 0.368. The fourth-order valence-electron chi connectivity index (χ4n) is 1.87. The lowest BCUT2D eigenvalue weighted by Gasteiger charge is -2.18. The molecule has 0 saturated heterocycles. The molecular formula is C10H15N3O2. The molecule has 1 aromatic rings. The average Bonchev–Trinajstić information content (AvgIpc) is 2.67. The smallest absolute Gasteiger partial charge is 0.360 e. The molecule has 0 fully saturated rings. The molecule has 5 heteroatoms. The van der Waals surface area contributed by atoms with Gasteiger partial charge in [0.25, 0.3) is 0 Å². The van der Waals surface area contributed by atoms with E-state index in [4.69, 9.17) is 4.74 Å². The molecule has 2 rings (SSSR count). The number of anilines is 1. The first-order valence-electron chi connectivity index (χ1n) is 5.19. The molecule has 82 valence electrons. The van der Waals surface area contributed by atoms with Crippen molar-refractivity contribution in [2.75, 3.05) is 19.0 Å². The van der Waals surface area contributed by atoms with Crippen molar-refractivity contribution in [3.63, 3.8) is 0 Å². The summed E-state index contributed by atoms with van der Waals surface area (Å²) in [6.45, 7) is 3.85. The van der Waals surface area contributed by atoms with Crippen molar-refractivity contribution in [1.29, 1.82) is 0 Å². The van der Waals surface area contributed by atoms with Gasteiger partial charge in [0.05, 0.1) is 7.11 Å². The van der Waals surface area contributed by atoms with Gasteiger partial charge in [-0.05, 0) is 6.42 Å². The first kappa shape index (κ1) is 10.0. The Hall–Kier alpha value is -1.52. The number of nitrogens with zero attached hydrogens (tertiary/aromatic N) is 2. The highest BCUT2D eigenvalue weighted by Crippen LogP contribution is 2.22. The zero-order valence-electron chi connectivity index (χ0n) is 9.04. The Bertz CT molecular complexity index is 384. The van der Waals surface area contributed by atoms with Crippen molar-refractivity contribution in [2.45, 2.75) is 26.3 Å². The summed E-state index contributed by atoms with van der Waals surface area (Å²) in [7, 11) is 1.38. The summed E-state index contributed by atoms with van der Waals surface area (Å²) < 4.78 is 6.77. The van der Waals surface area contributed by atoms with Crippen LogP contribution in [0.25, 0.3) is 0 Å². The lowest BCUT2D eigenvalue weighted by Crippen LogP contribution is -2.19. The zero-order valence-corrected chi connectivity index (χ0v) is 9.04. The molecule has 0 saturated carbocycles. The molecule has 5 nitrogen and oxygen atoms in total. The van der Waals surface area contributed by atoms with E-state index < -0.39 is 0 Å². The SMILES string of the molecule is CCc1nc(C(=O)OC)c2n1CCCN2. The van der Waals surface area contributed by atoms with Crippen molar-refractivity contribution in [3.05, 3.63) is 11.5 Å². The average molecular weight is 209 g/mol. The predicted molar refractivity (Wildman–Crippen MR) is 56.1 cm³/mol. The van der Waals surface area contributed by atoms with Crippen molar-refractivity contribution in [3.8, 4) is 0 Å². The predicted octanol–water partition coefficient (Wildman–Crippen LogP) is 1.05. The number of hydrogen-bond donors (Lipinski definition) is 1. The first-order valence-corrected chi connectivity index (χ1v) is 5.19. The van der Waals surface area contributed by atoms with Gasteiger partial charge < -0.3 is 14.6 Å². The summed E-state index contributed by atoms with van der Waals surface area (Å²) in [6, 6.07) is 0. The van der Waals surface area contributed by atoms with Crippen molar-refractivity contribution < 1.29 is 9.53 Å². The lowest BCUT2D eigenvalue weighted by molar-refractivity contribution is 0.0595. The number of esters is 1. The van der Waals surface area contributed by atoms with Gasteiger partial charge in [-0.2, -0.15) is 0 Å². The Morgan fingerprint density at radius 2 is 2.47 bits per heavy atom. The Labute approximate surface area is 88.4 Å². The van der Waals surface area contributed by atoms with Crippen molar-refractivity contribution in [1.82, 2.24) is 9.55 Å². The molecule has 0 spiro atoms. The lowest BCUT2D eigenvalue weighted by atomic mass is 10.3. The van der Waals surface area contributed by atoms with E-state index in [1.165, 1.54) is 7.11 Å². The normalized spacial score (nSPS) is 14.3. The summed E-state index contributed by atoms with van der Waals surface area (Å²) in [5.41, 5.74) is 0.411. The van der Waals surface area contributed by atoms with E-state index in [9.17, 15) is 4.79 Å². The second-order valence-corrected chi connectivity index (χ2v) is 3.50. The largest absolute Gasteiger partial charge is 0.464 e. The van der Waals surface area contributed by atoms with Crippen LogP contribution in [0, 0.1) is 0 Å². The second-order valence-electron chi connectivity index (χ2n) is 3.50. The standard InChI is InChI=1S/C10H15N3O2/c1-3-7-12-8(10(14)15-2)9-11-5-4-6-13(7)9/h11H,3-6H2,1-2H3. The number of nitrogens with one attached hydrogen (secondary N) is 1. The van der Waals surface area contributed by atoms with E-state index in [1.54, 1.807) is 0 Å². The summed E-state index contributed by atoms with van der Waals surface area (Å²) in [5.74, 6) is 1.38. The Morgan fingerprint density at radius 1 is 1.67 bits per heavy atom. The Morgan fingerprint density at radius 3 is 3.13 bits per heavy atom. The van der Waals surface area contributed by atoms with Crippen LogP contribution in [0.1, 0.15) is 29.7 Å². The van der Waals surface area contributed by atoms with Crippen molar-refractivity contribution in [2.24, 2.45) is 0 Å². The van der Waals surface area contributed by atoms with Crippen LogP contribution in [-0.4, -0.2) is 29.2 Å². The van der Waals surface area contributed by atoms with E-state index >= 15 is 0 Å². The highest BCUT2D eigenvalue weighted by Gasteiger charge is 2.23. The quantitative estimate of drug-likeness (QED) is 0.740. The molecule has 0 aliphatic carbocycles. The molecule has 0 unspecified atom stereocenters. The number of fused-ring (bicyclic) bond motifs is 1. The van der Waals surface area contributed by atoms with Gasteiger partial charge in [0.1, 0.15) is 11.6 Å². The molecule has 1 N–H and O–H groups in total. The molecule has 0 aromatic carbocycles. The molecule has 2 heterocycles. The van der Waals surface area contributed by atoms with Gasteiger partial charge in [-0.15, -0.1) is 0 Å². The highest BCUT2D eigenvalue weighted by molar-refractivity contribution is 5.93. The molecule has 0 radical (unpaired) electrons. The third-order valence-electron chi connectivity index (χ3n) is 2.59. The van der Waals surface area contributed by atoms with Crippen LogP contribution in [0.2, 0.25) is 0 Å². The summed E-state index contributed by atoms with van der Waals surface area (Å²) in [6.07, 6.45) is 1.89. The molecule has 0 atom stereocenters. The second kappa shape index (κ2) is 3.92. The fraction of sp³-hybridized carbons (Fsp3) is 0.600. The number of methoxy groups -OCH3 is 1. The maximum atomic E-state index is 11.5. The maximum absolute atomic E-state index is 11.5. The van der Waals surface area contributed by atoms with Gasteiger partial charge in [-0.25, -0.2) is 9.78 Å². The number of imidazole rings is 1. The Balaban J connectivity index is 2.46. The summed E-state index contributed by atoms with van der Waals surface area (Å²) in [5, 5.41) is 3.20. The van der Waals surface area contributed by atoms with E-state index in [0.717, 1.165) is 37.6 Å². The van der Waals surface area contributed by atoms with E-state index in [2.05, 4.69) is 14.9 Å². The summed E-state index contributed by atoms with van der Waals surface area (Å²) >= 11 is 0. The van der Waals surface area contributed by atoms with Crippen LogP contribution >= 0.6 is 0 Å². The van der Waals surface area contributed by atoms with Crippen LogP contribution in [0.3, 0.4) is 0 Å². The van der Waals surface area contributed by atoms with Crippen molar-refractivity contribution >= 4 is 11.8 Å². The molecular weight excluding hydrogens is 194 g/mol. The fourth-order valence-corrected chi connectivity index (χ4v) is 1.87. The summed E-state index contributed by atoms with van der Waals surface area (Å²) in [4.78, 5) is 15.8. The highest BCUT2D eigenvalue weighted by atomic mass is 16.5. The monoisotopic (exact) mass is 209 g/mol. The van der Waals surface area contributed by atoms with Crippen LogP contribution in [0.15, 0.2) is 0 Å². The first-order chi connectivity index (χ1) is 7.27.